The lowest BCUT2D eigenvalue weighted by Gasteiger charge is -2.07. The smallest absolute Gasteiger partial charge is 0.250 e. The number of carbonyl (C=O) groups is 2. The largest absolute Gasteiger partial charge is 0.325 e. The molecule has 21 heavy (non-hydrogen) atoms. The van der Waals surface area contributed by atoms with E-state index < -0.39 is 0 Å². The predicted molar refractivity (Wildman–Crippen MR) is 83.4 cm³/mol. The van der Waals surface area contributed by atoms with Crippen molar-refractivity contribution in [3.05, 3.63) is 28.7 Å². The highest BCUT2D eigenvalue weighted by Gasteiger charge is 2.04. The van der Waals surface area contributed by atoms with Crippen molar-refractivity contribution in [2.45, 2.75) is 58.9 Å². The van der Waals surface area contributed by atoms with Crippen LogP contribution in [-0.4, -0.2) is 16.3 Å². The van der Waals surface area contributed by atoms with E-state index in [0.717, 1.165) is 25.7 Å². The summed E-state index contributed by atoms with van der Waals surface area (Å²) in [5.41, 5.74) is 0.582. The quantitative estimate of drug-likeness (QED) is 0.712. The summed E-state index contributed by atoms with van der Waals surface area (Å²) in [6.07, 6.45) is 6.40. The van der Waals surface area contributed by atoms with E-state index >= 15 is 0 Å². The molecule has 1 aromatic rings. The fourth-order valence-corrected chi connectivity index (χ4v) is 2.09. The molecule has 0 radical (unpaired) electrons. The number of unbranched alkanes of at least 4 members (excludes halogenated alkanes) is 3. The summed E-state index contributed by atoms with van der Waals surface area (Å²) >= 11 is 0. The molecule has 0 atom stereocenters. The van der Waals surface area contributed by atoms with Crippen LogP contribution in [0, 0.1) is 0 Å². The minimum absolute atomic E-state index is 0.0390. The summed E-state index contributed by atoms with van der Waals surface area (Å²) in [5.74, 6) is 0.182. The van der Waals surface area contributed by atoms with Gasteiger partial charge in [0.25, 0.3) is 5.56 Å². The van der Waals surface area contributed by atoms with E-state index in [2.05, 4.69) is 5.32 Å². The third-order valence-electron chi connectivity index (χ3n) is 3.29. The first kappa shape index (κ1) is 17.1. The van der Waals surface area contributed by atoms with Crippen molar-refractivity contribution in [3.8, 4) is 0 Å². The van der Waals surface area contributed by atoms with Crippen molar-refractivity contribution < 1.29 is 9.59 Å². The molecule has 0 saturated carbocycles. The van der Waals surface area contributed by atoms with E-state index in [-0.39, 0.29) is 17.2 Å². The molecule has 116 valence electrons. The van der Waals surface area contributed by atoms with Crippen molar-refractivity contribution in [3.63, 3.8) is 0 Å². The lowest BCUT2D eigenvalue weighted by Crippen LogP contribution is -2.19. The van der Waals surface area contributed by atoms with Crippen LogP contribution in [0.25, 0.3) is 0 Å². The number of aromatic nitrogens is 1. The van der Waals surface area contributed by atoms with Crippen LogP contribution in [0.3, 0.4) is 0 Å². The van der Waals surface area contributed by atoms with Crippen LogP contribution in [0.15, 0.2) is 23.1 Å². The second-order valence-corrected chi connectivity index (χ2v) is 5.21. The van der Waals surface area contributed by atoms with Gasteiger partial charge in [0.05, 0.1) is 5.69 Å². The average Bonchev–Trinajstić information content (AvgIpc) is 2.44. The fraction of sp³-hybridized carbons (Fsp3) is 0.562. The SMILES string of the molecule is CCn1cc(NC(=O)CCCCCCC(C)=O)ccc1=O. The van der Waals surface area contributed by atoms with Gasteiger partial charge in [0.15, 0.2) is 0 Å². The van der Waals surface area contributed by atoms with Crippen molar-refractivity contribution in [1.29, 1.82) is 0 Å². The number of carbonyl (C=O) groups excluding carboxylic acids is 2. The molecule has 1 rings (SSSR count). The van der Waals surface area contributed by atoms with Gasteiger partial charge in [-0.1, -0.05) is 12.8 Å². The average molecular weight is 292 g/mol. The van der Waals surface area contributed by atoms with Gasteiger partial charge >= 0.3 is 0 Å². The number of ketones is 1. The topological polar surface area (TPSA) is 68.2 Å². The molecule has 1 aromatic heterocycles. The van der Waals surface area contributed by atoms with Gasteiger partial charge in [0.2, 0.25) is 5.91 Å². The number of anilines is 1. The van der Waals surface area contributed by atoms with Crippen molar-refractivity contribution in [2.75, 3.05) is 5.32 Å². The Bertz CT molecular complexity index is 535. The highest BCUT2D eigenvalue weighted by Crippen LogP contribution is 2.08. The van der Waals surface area contributed by atoms with Gasteiger partial charge in [-0.3, -0.25) is 9.59 Å². The molecule has 1 amide bonds. The summed E-state index contributed by atoms with van der Waals surface area (Å²) in [5, 5.41) is 2.80. The minimum atomic E-state index is -0.0685. The molecule has 1 N–H and O–H groups in total. The maximum Gasteiger partial charge on any atom is 0.250 e. The molecule has 5 nitrogen and oxygen atoms in total. The van der Waals surface area contributed by atoms with E-state index in [1.807, 2.05) is 6.92 Å². The van der Waals surface area contributed by atoms with Crippen LogP contribution in [0.2, 0.25) is 0 Å². The van der Waals surface area contributed by atoms with E-state index in [9.17, 15) is 14.4 Å². The number of rotatable bonds is 9. The number of amides is 1. The number of pyridine rings is 1. The molecule has 0 aliphatic rings. The number of aryl methyl sites for hydroxylation is 1. The van der Waals surface area contributed by atoms with Crippen molar-refractivity contribution in [1.82, 2.24) is 4.57 Å². The van der Waals surface area contributed by atoms with Crippen molar-refractivity contribution >= 4 is 17.4 Å². The predicted octanol–water partition coefficient (Wildman–Crippen LogP) is 2.74. The molecule has 1 heterocycles. The Labute approximate surface area is 125 Å². The molecular formula is C16H24N2O3. The fourth-order valence-electron chi connectivity index (χ4n) is 2.09. The molecule has 5 heteroatoms. The standard InChI is InChI=1S/C16H24N2O3/c1-3-18-12-14(10-11-16(18)21)17-15(20)9-7-5-4-6-8-13(2)19/h10-12H,3-9H2,1-2H3,(H,17,20). The van der Waals surface area contributed by atoms with E-state index in [4.69, 9.17) is 0 Å². The summed E-state index contributed by atoms with van der Waals surface area (Å²) in [6, 6.07) is 3.08. The van der Waals surface area contributed by atoms with Crippen LogP contribution in [0.5, 0.6) is 0 Å². The Morgan fingerprint density at radius 2 is 1.76 bits per heavy atom. The van der Waals surface area contributed by atoms with Gasteiger partial charge in [-0.25, -0.2) is 0 Å². The third kappa shape index (κ3) is 6.88. The summed E-state index contributed by atoms with van der Waals surface area (Å²) in [4.78, 5) is 34.0. The Kier molecular flexibility index (Phi) is 7.43. The number of hydrogen-bond acceptors (Lipinski definition) is 3. The monoisotopic (exact) mass is 292 g/mol. The summed E-state index contributed by atoms with van der Waals surface area (Å²) in [6.45, 7) is 4.07. The third-order valence-corrected chi connectivity index (χ3v) is 3.29. The molecule has 0 aliphatic carbocycles. The lowest BCUT2D eigenvalue weighted by molar-refractivity contribution is -0.117. The Hall–Kier alpha value is -1.91. The lowest BCUT2D eigenvalue weighted by atomic mass is 10.1. The maximum absolute atomic E-state index is 11.8. The van der Waals surface area contributed by atoms with E-state index in [1.54, 1.807) is 23.8 Å². The van der Waals surface area contributed by atoms with E-state index in [1.165, 1.54) is 6.07 Å². The van der Waals surface area contributed by atoms with Gasteiger partial charge in [0.1, 0.15) is 5.78 Å². The Balaban J connectivity index is 2.27. The zero-order chi connectivity index (χ0) is 15.7. The van der Waals surface area contributed by atoms with Crippen LogP contribution < -0.4 is 10.9 Å². The Morgan fingerprint density at radius 3 is 2.38 bits per heavy atom. The van der Waals surface area contributed by atoms with Gasteiger partial charge in [-0.15, -0.1) is 0 Å². The van der Waals surface area contributed by atoms with Crippen LogP contribution in [-0.2, 0) is 16.1 Å². The van der Waals surface area contributed by atoms with Crippen molar-refractivity contribution in [2.24, 2.45) is 0 Å². The molecule has 0 unspecified atom stereocenters. The molecule has 0 saturated heterocycles. The Morgan fingerprint density at radius 1 is 1.10 bits per heavy atom. The van der Waals surface area contributed by atoms with E-state index in [0.29, 0.717) is 25.1 Å². The normalized spacial score (nSPS) is 10.4. The van der Waals surface area contributed by atoms with Gasteiger partial charge in [0, 0.05) is 31.6 Å². The minimum Gasteiger partial charge on any atom is -0.325 e. The maximum atomic E-state index is 11.8. The van der Waals surface area contributed by atoms with Gasteiger partial charge < -0.3 is 14.7 Å². The highest BCUT2D eigenvalue weighted by molar-refractivity contribution is 5.90. The molecule has 0 aromatic carbocycles. The molecule has 0 aliphatic heterocycles. The highest BCUT2D eigenvalue weighted by atomic mass is 16.1. The van der Waals surface area contributed by atoms with Gasteiger partial charge in [-0.05, 0) is 32.8 Å². The first-order valence-electron chi connectivity index (χ1n) is 7.52. The molecule has 0 bridgehead atoms. The summed E-state index contributed by atoms with van der Waals surface area (Å²) < 4.78 is 1.55. The second kappa shape index (κ2) is 9.10. The molecule has 0 fully saturated rings. The number of hydrogen-bond donors (Lipinski definition) is 1. The first-order valence-corrected chi connectivity index (χ1v) is 7.52. The van der Waals surface area contributed by atoms with Crippen LogP contribution in [0.1, 0.15) is 52.4 Å². The second-order valence-electron chi connectivity index (χ2n) is 5.21. The number of nitrogens with one attached hydrogen (secondary N) is 1. The van der Waals surface area contributed by atoms with Gasteiger partial charge in [-0.2, -0.15) is 0 Å². The van der Waals surface area contributed by atoms with Crippen LogP contribution in [0.4, 0.5) is 5.69 Å². The summed E-state index contributed by atoms with van der Waals surface area (Å²) in [7, 11) is 0. The zero-order valence-electron chi connectivity index (χ0n) is 12.9. The zero-order valence-corrected chi connectivity index (χ0v) is 12.9. The first-order chi connectivity index (χ1) is 10.0. The van der Waals surface area contributed by atoms with Crippen LogP contribution >= 0.6 is 0 Å². The number of nitrogens with zero attached hydrogens (tertiary/aromatic N) is 1. The molecule has 0 spiro atoms. The molecular weight excluding hydrogens is 268 g/mol. The number of Topliss-reactive ketones (excluding diaryl/α,β-unsaturated/α-hetero) is 1.